The third-order valence-corrected chi connectivity index (χ3v) is 5.04. The van der Waals surface area contributed by atoms with Crippen LogP contribution in [0.15, 0.2) is 30.4 Å². The van der Waals surface area contributed by atoms with E-state index in [1.54, 1.807) is 26.0 Å². The maximum absolute atomic E-state index is 12.8. The van der Waals surface area contributed by atoms with Crippen LogP contribution in [0.2, 0.25) is 0 Å². The fraction of sp³-hybridized carbons (Fsp3) is 0.455. The second-order valence-electron chi connectivity index (χ2n) is 7.24. The molecule has 0 saturated carbocycles. The summed E-state index contributed by atoms with van der Waals surface area (Å²) >= 11 is 0. The second kappa shape index (κ2) is 10.3. The number of aliphatic hydroxyl groups is 3. The lowest BCUT2D eigenvalue weighted by molar-refractivity contribution is -0.127. The van der Waals surface area contributed by atoms with E-state index in [1.807, 2.05) is 0 Å². The predicted octanol–water partition coefficient (Wildman–Crippen LogP) is 1.76. The van der Waals surface area contributed by atoms with Gasteiger partial charge in [0.25, 0.3) is 0 Å². The van der Waals surface area contributed by atoms with Crippen LogP contribution in [-0.2, 0) is 16.0 Å². The molecule has 0 fully saturated rings. The van der Waals surface area contributed by atoms with Crippen LogP contribution >= 0.6 is 0 Å². The highest BCUT2D eigenvalue weighted by Gasteiger charge is 2.25. The lowest BCUT2D eigenvalue weighted by atomic mass is 9.95. The lowest BCUT2D eigenvalue weighted by Crippen LogP contribution is -2.32. The molecule has 0 saturated heterocycles. The Labute approximate surface area is 169 Å². The van der Waals surface area contributed by atoms with Gasteiger partial charge < -0.3 is 25.2 Å². The summed E-state index contributed by atoms with van der Waals surface area (Å²) in [5.41, 5.74) is 1.14. The average Bonchev–Trinajstić information content (AvgIpc) is 2.69. The van der Waals surface area contributed by atoms with Gasteiger partial charge in [-0.05, 0) is 49.5 Å². The van der Waals surface area contributed by atoms with Gasteiger partial charge in [0.1, 0.15) is 23.5 Å². The third-order valence-electron chi connectivity index (χ3n) is 5.04. The summed E-state index contributed by atoms with van der Waals surface area (Å²) in [5, 5.41) is 39.6. The zero-order chi connectivity index (χ0) is 21.6. The molecule has 0 bridgehead atoms. The van der Waals surface area contributed by atoms with Crippen LogP contribution in [-0.4, -0.2) is 57.1 Å². The number of carbonyl (C=O) groups excluding carboxylic acids is 2. The van der Waals surface area contributed by atoms with Crippen molar-refractivity contribution in [3.63, 3.8) is 0 Å². The molecule has 1 aliphatic rings. The largest absolute Gasteiger partial charge is 0.507 e. The lowest BCUT2D eigenvalue weighted by Gasteiger charge is -2.21. The number of carbonyl (C=O) groups is 2. The minimum Gasteiger partial charge on any atom is -0.507 e. The standard InChI is InChI=1S/C22H28O7/c1-13-8-10-19(26)21(27)18(25)7-3-6-16-15(5-4-12-23)9-11-17(24)20(16)22(28)29-14(13)2/h3,6,8-11,13-14,18,21,23-25,27H,4-5,7,12H2,1-2H3/b6-3+,10-8-/t13-,14+,18+,21+/m1/s1. The smallest absolute Gasteiger partial charge is 0.342 e. The Morgan fingerprint density at radius 3 is 2.55 bits per heavy atom. The minimum atomic E-state index is -1.57. The fourth-order valence-corrected chi connectivity index (χ4v) is 3.02. The van der Waals surface area contributed by atoms with Crippen LogP contribution in [0.5, 0.6) is 5.75 Å². The van der Waals surface area contributed by atoms with Gasteiger partial charge in [-0.2, -0.15) is 0 Å². The van der Waals surface area contributed by atoms with Crippen molar-refractivity contribution in [3.8, 4) is 5.75 Å². The normalized spacial score (nSPS) is 28.2. The van der Waals surface area contributed by atoms with Crippen molar-refractivity contribution >= 4 is 17.8 Å². The van der Waals surface area contributed by atoms with Gasteiger partial charge in [0.2, 0.25) is 0 Å². The van der Waals surface area contributed by atoms with E-state index < -0.39 is 30.1 Å². The Bertz CT molecular complexity index is 797. The van der Waals surface area contributed by atoms with Gasteiger partial charge in [-0.1, -0.05) is 31.2 Å². The van der Waals surface area contributed by atoms with Crippen LogP contribution < -0.4 is 0 Å². The monoisotopic (exact) mass is 404 g/mol. The number of hydrogen-bond donors (Lipinski definition) is 4. The molecule has 4 atom stereocenters. The molecule has 1 aromatic rings. The van der Waals surface area contributed by atoms with Crippen molar-refractivity contribution in [2.75, 3.05) is 6.61 Å². The van der Waals surface area contributed by atoms with E-state index in [0.29, 0.717) is 18.4 Å². The van der Waals surface area contributed by atoms with Gasteiger partial charge in [0.15, 0.2) is 5.78 Å². The summed E-state index contributed by atoms with van der Waals surface area (Å²) in [6.07, 6.45) is 3.19. The van der Waals surface area contributed by atoms with E-state index in [9.17, 15) is 24.9 Å². The first-order chi connectivity index (χ1) is 13.8. The molecular weight excluding hydrogens is 376 g/mol. The van der Waals surface area contributed by atoms with Crippen molar-refractivity contribution < 1.29 is 34.8 Å². The number of esters is 1. The first-order valence-corrected chi connectivity index (χ1v) is 9.67. The summed E-state index contributed by atoms with van der Waals surface area (Å²) in [6, 6.07) is 3.07. The quantitative estimate of drug-likeness (QED) is 0.566. The van der Waals surface area contributed by atoms with Crippen LogP contribution in [0.1, 0.15) is 48.2 Å². The van der Waals surface area contributed by atoms with Crippen LogP contribution in [0, 0.1) is 5.92 Å². The molecule has 0 aliphatic carbocycles. The molecule has 0 aromatic heterocycles. The van der Waals surface area contributed by atoms with Gasteiger partial charge in [0, 0.05) is 12.5 Å². The first-order valence-electron chi connectivity index (χ1n) is 9.67. The van der Waals surface area contributed by atoms with Crippen molar-refractivity contribution in [1.29, 1.82) is 0 Å². The summed E-state index contributed by atoms with van der Waals surface area (Å²) < 4.78 is 5.50. The molecule has 4 N–H and O–H groups in total. The number of aromatic hydroxyl groups is 1. The number of aliphatic hydroxyl groups excluding tert-OH is 3. The SMILES string of the molecule is C[C@@H]1/C=C\C(=O)[C@@H](O)[C@@H](O)C/C=C/c2c(CCCO)ccc(O)c2C(=O)O[C@H]1C. The van der Waals surface area contributed by atoms with Gasteiger partial charge >= 0.3 is 5.97 Å². The van der Waals surface area contributed by atoms with Crippen molar-refractivity contribution in [2.24, 2.45) is 5.92 Å². The fourth-order valence-electron chi connectivity index (χ4n) is 3.02. The van der Waals surface area contributed by atoms with Crippen molar-refractivity contribution in [2.45, 2.75) is 51.4 Å². The van der Waals surface area contributed by atoms with E-state index in [4.69, 9.17) is 9.84 Å². The molecule has 1 aromatic carbocycles. The number of ketones is 1. The number of phenolic OH excluding ortho intramolecular Hbond substituents is 1. The Balaban J connectivity index is 2.53. The molecule has 7 heteroatoms. The van der Waals surface area contributed by atoms with Gasteiger partial charge in [-0.3, -0.25) is 4.79 Å². The molecule has 158 valence electrons. The van der Waals surface area contributed by atoms with Gasteiger partial charge in [-0.15, -0.1) is 0 Å². The Morgan fingerprint density at radius 2 is 1.86 bits per heavy atom. The maximum Gasteiger partial charge on any atom is 0.342 e. The first kappa shape index (κ1) is 22.8. The zero-order valence-electron chi connectivity index (χ0n) is 16.6. The predicted molar refractivity (Wildman–Crippen MR) is 107 cm³/mol. The molecule has 1 heterocycles. The van der Waals surface area contributed by atoms with E-state index >= 15 is 0 Å². The van der Waals surface area contributed by atoms with Gasteiger partial charge in [-0.25, -0.2) is 4.79 Å². The number of aryl methyl sites for hydroxylation is 1. The molecule has 1 aliphatic heterocycles. The minimum absolute atomic E-state index is 0.00268. The van der Waals surface area contributed by atoms with E-state index in [-0.39, 0.29) is 30.3 Å². The molecule has 0 spiro atoms. The highest BCUT2D eigenvalue weighted by Crippen LogP contribution is 2.29. The van der Waals surface area contributed by atoms with E-state index in [1.165, 1.54) is 24.3 Å². The Hall–Kier alpha value is -2.48. The summed E-state index contributed by atoms with van der Waals surface area (Å²) in [6.45, 7) is 3.38. The second-order valence-corrected chi connectivity index (χ2v) is 7.24. The number of benzene rings is 1. The molecule has 29 heavy (non-hydrogen) atoms. The highest BCUT2D eigenvalue weighted by atomic mass is 16.5. The van der Waals surface area contributed by atoms with Gasteiger partial charge in [0.05, 0.1) is 6.10 Å². The van der Waals surface area contributed by atoms with Crippen molar-refractivity contribution in [1.82, 2.24) is 0 Å². The Morgan fingerprint density at radius 1 is 1.14 bits per heavy atom. The number of cyclic esters (lactones) is 1. The third kappa shape index (κ3) is 5.76. The molecule has 7 nitrogen and oxygen atoms in total. The summed E-state index contributed by atoms with van der Waals surface area (Å²) in [4.78, 5) is 24.9. The zero-order valence-corrected chi connectivity index (χ0v) is 16.6. The molecule has 2 rings (SSSR count). The van der Waals surface area contributed by atoms with Crippen LogP contribution in [0.4, 0.5) is 0 Å². The summed E-state index contributed by atoms with van der Waals surface area (Å²) in [5.74, 6) is -1.91. The van der Waals surface area contributed by atoms with Crippen LogP contribution in [0.25, 0.3) is 6.08 Å². The molecular formula is C22H28O7. The number of phenols is 1. The average molecular weight is 404 g/mol. The number of fused-ring (bicyclic) bond motifs is 1. The maximum atomic E-state index is 12.8. The number of rotatable bonds is 3. The van der Waals surface area contributed by atoms with Crippen LogP contribution in [0.3, 0.4) is 0 Å². The van der Waals surface area contributed by atoms with E-state index in [0.717, 1.165) is 5.56 Å². The summed E-state index contributed by atoms with van der Waals surface area (Å²) in [7, 11) is 0. The number of ether oxygens (including phenoxy) is 1. The molecule has 0 unspecified atom stereocenters. The Kier molecular flexibility index (Phi) is 8.13. The topological polar surface area (TPSA) is 124 Å². The van der Waals surface area contributed by atoms with E-state index in [2.05, 4.69) is 0 Å². The number of hydrogen-bond acceptors (Lipinski definition) is 7. The molecule has 0 amide bonds. The molecule has 0 radical (unpaired) electrons. The highest BCUT2D eigenvalue weighted by molar-refractivity contribution is 5.97. The van der Waals surface area contributed by atoms with Crippen molar-refractivity contribution in [3.05, 3.63) is 47.1 Å².